The zero-order chi connectivity index (χ0) is 20.4. The van der Waals surface area contributed by atoms with E-state index < -0.39 is 0 Å². The van der Waals surface area contributed by atoms with Crippen LogP contribution in [0.1, 0.15) is 45.1 Å². The van der Waals surface area contributed by atoms with Gasteiger partial charge in [-0.3, -0.25) is 4.79 Å². The molecule has 154 valence electrons. The predicted molar refractivity (Wildman–Crippen MR) is 106 cm³/mol. The lowest BCUT2D eigenvalue weighted by Crippen LogP contribution is -2.40. The Balaban J connectivity index is 1.31. The maximum absolute atomic E-state index is 11.0. The first-order valence-corrected chi connectivity index (χ1v) is 10.3. The zero-order valence-electron chi connectivity index (χ0n) is 16.9. The quantitative estimate of drug-likeness (QED) is 0.697. The number of hydrogen-bond donors (Lipinski definition) is 1. The molecule has 0 saturated heterocycles. The van der Waals surface area contributed by atoms with Gasteiger partial charge in [0, 0.05) is 25.7 Å². The number of fused-ring (bicyclic) bond motifs is 1. The summed E-state index contributed by atoms with van der Waals surface area (Å²) in [6.07, 6.45) is 7.92. The topological polar surface area (TPSA) is 102 Å². The third-order valence-corrected chi connectivity index (χ3v) is 5.57. The average molecular weight is 397 g/mol. The van der Waals surface area contributed by atoms with Gasteiger partial charge in [0.1, 0.15) is 18.0 Å². The van der Waals surface area contributed by atoms with Gasteiger partial charge in [0.05, 0.1) is 30.3 Å². The van der Waals surface area contributed by atoms with E-state index in [2.05, 4.69) is 25.9 Å². The highest BCUT2D eigenvalue weighted by Crippen LogP contribution is 2.35. The zero-order valence-corrected chi connectivity index (χ0v) is 16.9. The SMILES string of the molecule is CC(=O)N[C@@H](C)COC1CC(COc2ncnc3c2c(C#N)cn3CC2CC2)C1. The number of aromatic nitrogens is 3. The highest BCUT2D eigenvalue weighted by atomic mass is 16.5. The van der Waals surface area contributed by atoms with Gasteiger partial charge in [-0.05, 0) is 44.4 Å². The minimum atomic E-state index is -0.0418. The fourth-order valence-corrected chi connectivity index (χ4v) is 3.82. The maximum Gasteiger partial charge on any atom is 0.227 e. The van der Waals surface area contributed by atoms with E-state index in [0.717, 1.165) is 25.0 Å². The summed E-state index contributed by atoms with van der Waals surface area (Å²) in [5, 5.41) is 13.1. The van der Waals surface area contributed by atoms with Gasteiger partial charge in [0.2, 0.25) is 11.8 Å². The third kappa shape index (κ3) is 4.67. The van der Waals surface area contributed by atoms with E-state index >= 15 is 0 Å². The Morgan fingerprint density at radius 1 is 1.38 bits per heavy atom. The second kappa shape index (κ2) is 8.37. The molecule has 0 aromatic carbocycles. The molecule has 0 bridgehead atoms. The van der Waals surface area contributed by atoms with Crippen LogP contribution in [0.3, 0.4) is 0 Å². The molecule has 2 aliphatic rings. The lowest BCUT2D eigenvalue weighted by atomic mass is 9.83. The van der Waals surface area contributed by atoms with Crippen molar-refractivity contribution < 1.29 is 14.3 Å². The number of hydrogen-bond acceptors (Lipinski definition) is 6. The summed E-state index contributed by atoms with van der Waals surface area (Å²) in [6.45, 7) is 5.40. The van der Waals surface area contributed by atoms with Crippen LogP contribution in [0.25, 0.3) is 11.0 Å². The Kier molecular flexibility index (Phi) is 5.67. The molecule has 1 N–H and O–H groups in total. The van der Waals surface area contributed by atoms with E-state index in [9.17, 15) is 10.1 Å². The standard InChI is InChI=1S/C21H27N5O3/c1-13(25-14(2)27)10-28-18-5-16(6-18)11-29-21-19-17(7-22)9-26(8-15-3-4-15)20(19)23-12-24-21/h9,12-13,15-16,18H,3-6,8,10-11H2,1-2H3,(H,25,27)/t13-,16?,18?/m0/s1. The number of nitrogens with zero attached hydrogens (tertiary/aromatic N) is 4. The highest BCUT2D eigenvalue weighted by molar-refractivity contribution is 5.87. The van der Waals surface area contributed by atoms with E-state index in [1.165, 1.54) is 26.1 Å². The normalized spacial score (nSPS) is 22.0. The van der Waals surface area contributed by atoms with E-state index in [0.29, 0.717) is 41.9 Å². The molecule has 2 fully saturated rings. The minimum Gasteiger partial charge on any atom is -0.477 e. The van der Waals surface area contributed by atoms with Crippen molar-refractivity contribution in [2.75, 3.05) is 13.2 Å². The summed E-state index contributed by atoms with van der Waals surface area (Å²) >= 11 is 0. The molecule has 0 radical (unpaired) electrons. The van der Waals surface area contributed by atoms with E-state index in [-0.39, 0.29) is 18.1 Å². The Bertz CT molecular complexity index is 924. The number of carbonyl (C=O) groups is 1. The van der Waals surface area contributed by atoms with Crippen LogP contribution < -0.4 is 10.1 Å². The monoisotopic (exact) mass is 397 g/mol. The lowest BCUT2D eigenvalue weighted by Gasteiger charge is -2.35. The molecule has 1 amide bonds. The molecular formula is C21H27N5O3. The van der Waals surface area contributed by atoms with Crippen LogP contribution >= 0.6 is 0 Å². The average Bonchev–Trinajstić information content (AvgIpc) is 3.39. The summed E-state index contributed by atoms with van der Waals surface area (Å²) in [4.78, 5) is 19.7. The second-order valence-corrected chi connectivity index (χ2v) is 8.33. The highest BCUT2D eigenvalue weighted by Gasteiger charge is 2.31. The number of carbonyl (C=O) groups excluding carboxylic acids is 1. The van der Waals surface area contributed by atoms with Gasteiger partial charge in [0.15, 0.2) is 0 Å². The Morgan fingerprint density at radius 3 is 2.86 bits per heavy atom. The van der Waals surface area contributed by atoms with Crippen LogP contribution in [0.2, 0.25) is 0 Å². The summed E-state index contributed by atoms with van der Waals surface area (Å²) in [5.74, 6) is 1.54. The van der Waals surface area contributed by atoms with Gasteiger partial charge in [-0.15, -0.1) is 0 Å². The van der Waals surface area contributed by atoms with Gasteiger partial charge in [-0.2, -0.15) is 5.26 Å². The molecule has 4 rings (SSSR count). The first kappa shape index (κ1) is 19.6. The third-order valence-electron chi connectivity index (χ3n) is 5.57. The van der Waals surface area contributed by atoms with Gasteiger partial charge in [0.25, 0.3) is 0 Å². The summed E-state index contributed by atoms with van der Waals surface area (Å²) < 4.78 is 13.9. The minimum absolute atomic E-state index is 0.0150. The fourth-order valence-electron chi connectivity index (χ4n) is 3.82. The molecular weight excluding hydrogens is 370 g/mol. The molecule has 2 aromatic heterocycles. The molecule has 0 unspecified atom stereocenters. The van der Waals surface area contributed by atoms with Crippen LogP contribution in [0, 0.1) is 23.2 Å². The molecule has 1 atom stereocenters. The van der Waals surface area contributed by atoms with Gasteiger partial charge in [-0.25, -0.2) is 9.97 Å². The molecule has 2 heterocycles. The smallest absolute Gasteiger partial charge is 0.227 e. The molecule has 29 heavy (non-hydrogen) atoms. The van der Waals surface area contributed by atoms with Crippen LogP contribution in [0.5, 0.6) is 5.88 Å². The first-order valence-electron chi connectivity index (χ1n) is 10.3. The summed E-state index contributed by atoms with van der Waals surface area (Å²) in [6, 6.07) is 2.27. The van der Waals surface area contributed by atoms with Crippen molar-refractivity contribution in [1.82, 2.24) is 19.9 Å². The van der Waals surface area contributed by atoms with E-state index in [4.69, 9.17) is 9.47 Å². The summed E-state index contributed by atoms with van der Waals surface area (Å²) in [5.41, 5.74) is 1.35. The molecule has 2 aliphatic carbocycles. The molecule has 8 heteroatoms. The molecule has 2 saturated carbocycles. The summed E-state index contributed by atoms with van der Waals surface area (Å²) in [7, 11) is 0. The van der Waals surface area contributed by atoms with Crippen molar-refractivity contribution in [2.45, 2.75) is 58.2 Å². The molecule has 2 aromatic rings. The second-order valence-electron chi connectivity index (χ2n) is 8.33. The first-order chi connectivity index (χ1) is 14.0. The number of rotatable bonds is 9. The van der Waals surface area contributed by atoms with Crippen LogP contribution in [-0.4, -0.2) is 45.8 Å². The van der Waals surface area contributed by atoms with Crippen LogP contribution in [0.4, 0.5) is 0 Å². The lowest BCUT2D eigenvalue weighted by molar-refractivity contribution is -0.120. The van der Waals surface area contributed by atoms with Crippen molar-refractivity contribution in [1.29, 1.82) is 5.26 Å². The Hall–Kier alpha value is -2.66. The fraction of sp³-hybridized carbons (Fsp3) is 0.619. The molecule has 8 nitrogen and oxygen atoms in total. The van der Waals surface area contributed by atoms with Crippen molar-refractivity contribution in [2.24, 2.45) is 11.8 Å². The van der Waals surface area contributed by atoms with E-state index in [1.807, 2.05) is 13.1 Å². The van der Waals surface area contributed by atoms with Crippen molar-refractivity contribution in [3.8, 4) is 11.9 Å². The van der Waals surface area contributed by atoms with E-state index in [1.54, 1.807) is 0 Å². The van der Waals surface area contributed by atoms with Crippen LogP contribution in [-0.2, 0) is 16.1 Å². The number of amides is 1. The van der Waals surface area contributed by atoms with Gasteiger partial charge >= 0.3 is 0 Å². The predicted octanol–water partition coefficient (Wildman–Crippen LogP) is 2.41. The molecule has 0 spiro atoms. The Morgan fingerprint density at radius 2 is 2.17 bits per heavy atom. The van der Waals surface area contributed by atoms with Crippen molar-refractivity contribution in [3.63, 3.8) is 0 Å². The Labute approximate surface area is 170 Å². The van der Waals surface area contributed by atoms with Crippen molar-refractivity contribution >= 4 is 16.9 Å². The number of nitriles is 1. The van der Waals surface area contributed by atoms with Gasteiger partial charge < -0.3 is 19.4 Å². The largest absolute Gasteiger partial charge is 0.477 e. The van der Waals surface area contributed by atoms with Crippen molar-refractivity contribution in [3.05, 3.63) is 18.1 Å². The maximum atomic E-state index is 11.0. The van der Waals surface area contributed by atoms with Gasteiger partial charge in [-0.1, -0.05) is 0 Å². The molecule has 0 aliphatic heterocycles. The number of nitrogens with one attached hydrogen (secondary N) is 1. The van der Waals surface area contributed by atoms with Crippen LogP contribution in [0.15, 0.2) is 12.5 Å². The number of ether oxygens (including phenoxy) is 2.